The van der Waals surface area contributed by atoms with Crippen LogP contribution in [0.4, 0.5) is 14.5 Å². The number of hydrogen-bond acceptors (Lipinski definition) is 3. The molecule has 3 rings (SSSR count). The fraction of sp³-hybridized carbons (Fsp3) is 0.316. The molecule has 25 heavy (non-hydrogen) atoms. The van der Waals surface area contributed by atoms with Crippen molar-refractivity contribution < 1.29 is 18.3 Å². The van der Waals surface area contributed by atoms with Crippen molar-refractivity contribution in [2.75, 3.05) is 31.1 Å². The lowest BCUT2D eigenvalue weighted by atomic mass is 10.2. The molecule has 1 fully saturated rings. The van der Waals surface area contributed by atoms with Crippen LogP contribution in [-0.2, 0) is 4.79 Å². The molecule has 0 N–H and O–H groups in total. The van der Waals surface area contributed by atoms with Crippen LogP contribution in [0.15, 0.2) is 48.5 Å². The molecule has 0 spiro atoms. The average Bonchev–Trinajstić information content (AvgIpc) is 2.63. The van der Waals surface area contributed by atoms with Gasteiger partial charge in [-0.25, -0.2) is 8.78 Å². The van der Waals surface area contributed by atoms with Crippen LogP contribution >= 0.6 is 0 Å². The van der Waals surface area contributed by atoms with Gasteiger partial charge in [0.15, 0.2) is 6.10 Å². The molecule has 0 radical (unpaired) electrons. The molecule has 1 saturated heterocycles. The third kappa shape index (κ3) is 4.07. The minimum atomic E-state index is -0.662. The lowest BCUT2D eigenvalue weighted by Gasteiger charge is -2.37. The zero-order valence-corrected chi connectivity index (χ0v) is 14.0. The highest BCUT2D eigenvalue weighted by Crippen LogP contribution is 2.21. The summed E-state index contributed by atoms with van der Waals surface area (Å²) in [4.78, 5) is 16.2. The van der Waals surface area contributed by atoms with Crippen LogP contribution in [0.3, 0.4) is 0 Å². The van der Waals surface area contributed by atoms with Crippen molar-refractivity contribution in [2.24, 2.45) is 0 Å². The van der Waals surface area contributed by atoms with Crippen molar-refractivity contribution in [1.82, 2.24) is 4.90 Å². The first kappa shape index (κ1) is 17.2. The number of nitrogens with zero attached hydrogens (tertiary/aromatic N) is 2. The quantitative estimate of drug-likeness (QED) is 0.853. The normalized spacial score (nSPS) is 15.8. The van der Waals surface area contributed by atoms with Crippen molar-refractivity contribution in [1.29, 1.82) is 0 Å². The zero-order chi connectivity index (χ0) is 17.8. The Morgan fingerprint density at radius 2 is 1.64 bits per heavy atom. The largest absolute Gasteiger partial charge is 0.481 e. The van der Waals surface area contributed by atoms with Crippen LogP contribution in [-0.4, -0.2) is 43.1 Å². The topological polar surface area (TPSA) is 32.8 Å². The molecule has 1 atom stereocenters. The molecule has 1 aliphatic heterocycles. The number of hydrogen-bond donors (Lipinski definition) is 0. The predicted molar refractivity (Wildman–Crippen MR) is 91.7 cm³/mol. The van der Waals surface area contributed by atoms with Gasteiger partial charge in [0.1, 0.15) is 17.4 Å². The third-order valence-electron chi connectivity index (χ3n) is 4.26. The number of piperazine rings is 1. The highest BCUT2D eigenvalue weighted by Gasteiger charge is 2.26. The molecule has 0 bridgehead atoms. The summed E-state index contributed by atoms with van der Waals surface area (Å²) in [7, 11) is 0. The molecule has 132 valence electrons. The number of anilines is 1. The van der Waals surface area contributed by atoms with E-state index in [9.17, 15) is 13.6 Å². The maximum Gasteiger partial charge on any atom is 0.263 e. The van der Waals surface area contributed by atoms with Gasteiger partial charge in [-0.3, -0.25) is 4.79 Å². The van der Waals surface area contributed by atoms with Gasteiger partial charge in [-0.15, -0.1) is 0 Å². The maximum absolute atomic E-state index is 13.9. The van der Waals surface area contributed by atoms with Gasteiger partial charge in [0.25, 0.3) is 5.91 Å². The van der Waals surface area contributed by atoms with Gasteiger partial charge in [0.05, 0.1) is 5.69 Å². The smallest absolute Gasteiger partial charge is 0.263 e. The van der Waals surface area contributed by atoms with E-state index in [0.717, 1.165) is 0 Å². The number of para-hydroxylation sites is 1. The number of carbonyl (C=O) groups excluding carboxylic acids is 1. The summed E-state index contributed by atoms with van der Waals surface area (Å²) < 4.78 is 32.4. The molecule has 0 aromatic heterocycles. The molecule has 6 heteroatoms. The molecular weight excluding hydrogens is 326 g/mol. The Bertz CT molecular complexity index is 728. The Kier molecular flexibility index (Phi) is 5.16. The van der Waals surface area contributed by atoms with Crippen molar-refractivity contribution in [3.8, 4) is 5.75 Å². The second-order valence-corrected chi connectivity index (χ2v) is 5.98. The van der Waals surface area contributed by atoms with Gasteiger partial charge >= 0.3 is 0 Å². The second kappa shape index (κ2) is 7.51. The molecular formula is C19H20F2N2O2. The van der Waals surface area contributed by atoms with Crippen molar-refractivity contribution >= 4 is 11.6 Å². The summed E-state index contributed by atoms with van der Waals surface area (Å²) in [5, 5.41) is 0. The van der Waals surface area contributed by atoms with E-state index in [2.05, 4.69) is 0 Å². The summed E-state index contributed by atoms with van der Waals surface area (Å²) in [5.74, 6) is -0.282. The Labute approximate surface area is 145 Å². The minimum absolute atomic E-state index is 0.127. The van der Waals surface area contributed by atoms with E-state index in [1.807, 2.05) is 4.90 Å². The molecule has 0 unspecified atom stereocenters. The average molecular weight is 346 g/mol. The molecule has 2 aromatic carbocycles. The van der Waals surface area contributed by atoms with Crippen LogP contribution in [0.1, 0.15) is 6.92 Å². The van der Waals surface area contributed by atoms with Crippen LogP contribution in [0.2, 0.25) is 0 Å². The summed E-state index contributed by atoms with van der Waals surface area (Å²) in [5.41, 5.74) is 0.560. The Morgan fingerprint density at radius 1 is 1.00 bits per heavy atom. The summed E-state index contributed by atoms with van der Waals surface area (Å²) in [6.45, 7) is 3.81. The summed E-state index contributed by atoms with van der Waals surface area (Å²) in [6, 6.07) is 12.2. The standard InChI is InChI=1S/C19H20F2N2O2/c1-14(25-16-8-6-15(20)7-9-16)19(24)23-12-10-22(11-13-23)18-5-3-2-4-17(18)21/h2-9,14H,10-13H2,1H3/t14-/m1/s1. The van der Waals surface area contributed by atoms with E-state index in [0.29, 0.717) is 37.6 Å². The van der Waals surface area contributed by atoms with Crippen molar-refractivity contribution in [3.63, 3.8) is 0 Å². The van der Waals surface area contributed by atoms with Crippen LogP contribution in [0, 0.1) is 11.6 Å². The number of benzene rings is 2. The van der Waals surface area contributed by atoms with E-state index >= 15 is 0 Å². The van der Waals surface area contributed by atoms with E-state index in [1.54, 1.807) is 30.0 Å². The first-order valence-electron chi connectivity index (χ1n) is 8.25. The molecule has 1 heterocycles. The number of ether oxygens (including phenoxy) is 1. The van der Waals surface area contributed by atoms with Crippen LogP contribution in [0.25, 0.3) is 0 Å². The molecule has 2 aromatic rings. The number of rotatable bonds is 4. The number of carbonyl (C=O) groups is 1. The van der Waals surface area contributed by atoms with Crippen molar-refractivity contribution in [3.05, 3.63) is 60.2 Å². The Morgan fingerprint density at radius 3 is 2.28 bits per heavy atom. The maximum atomic E-state index is 13.9. The van der Waals surface area contributed by atoms with E-state index in [-0.39, 0.29) is 17.5 Å². The first-order chi connectivity index (χ1) is 12.0. The minimum Gasteiger partial charge on any atom is -0.481 e. The van der Waals surface area contributed by atoms with E-state index in [1.165, 1.54) is 30.3 Å². The molecule has 4 nitrogen and oxygen atoms in total. The molecule has 1 aliphatic rings. The Balaban J connectivity index is 1.56. The van der Waals surface area contributed by atoms with E-state index < -0.39 is 6.10 Å². The highest BCUT2D eigenvalue weighted by atomic mass is 19.1. The van der Waals surface area contributed by atoms with Crippen LogP contribution in [0.5, 0.6) is 5.75 Å². The third-order valence-corrected chi connectivity index (χ3v) is 4.26. The van der Waals surface area contributed by atoms with Gasteiger partial charge in [0.2, 0.25) is 0 Å². The van der Waals surface area contributed by atoms with E-state index in [4.69, 9.17) is 4.74 Å². The molecule has 0 aliphatic carbocycles. The predicted octanol–water partition coefficient (Wildman–Crippen LogP) is 3.08. The van der Waals surface area contributed by atoms with Crippen LogP contribution < -0.4 is 9.64 Å². The highest BCUT2D eigenvalue weighted by molar-refractivity contribution is 5.81. The fourth-order valence-corrected chi connectivity index (χ4v) is 2.90. The number of halogens is 2. The Hall–Kier alpha value is -2.63. The monoisotopic (exact) mass is 346 g/mol. The molecule has 1 amide bonds. The number of amides is 1. The SMILES string of the molecule is C[C@@H](Oc1ccc(F)cc1)C(=O)N1CCN(c2ccccc2F)CC1. The molecule has 0 saturated carbocycles. The van der Waals surface area contributed by atoms with Gasteiger partial charge in [0, 0.05) is 26.2 Å². The first-order valence-corrected chi connectivity index (χ1v) is 8.25. The van der Waals surface area contributed by atoms with Gasteiger partial charge in [-0.1, -0.05) is 12.1 Å². The lowest BCUT2D eigenvalue weighted by molar-refractivity contribution is -0.138. The zero-order valence-electron chi connectivity index (χ0n) is 14.0. The van der Waals surface area contributed by atoms with Crippen molar-refractivity contribution in [2.45, 2.75) is 13.0 Å². The van der Waals surface area contributed by atoms with Gasteiger partial charge < -0.3 is 14.5 Å². The van der Waals surface area contributed by atoms with Gasteiger partial charge in [-0.2, -0.15) is 0 Å². The summed E-state index contributed by atoms with van der Waals surface area (Å²) >= 11 is 0. The second-order valence-electron chi connectivity index (χ2n) is 5.98. The van der Waals surface area contributed by atoms with Gasteiger partial charge in [-0.05, 0) is 43.3 Å². The fourth-order valence-electron chi connectivity index (χ4n) is 2.90. The summed E-state index contributed by atoms with van der Waals surface area (Å²) in [6.07, 6.45) is -0.662. The lowest BCUT2D eigenvalue weighted by Crippen LogP contribution is -2.52.